The van der Waals surface area contributed by atoms with E-state index in [2.05, 4.69) is 173 Å². The molecule has 256 valence electrons. The third-order valence-corrected chi connectivity index (χ3v) is 11.1. The minimum absolute atomic E-state index is 0.702. The molecule has 0 aliphatic rings. The van der Waals surface area contributed by atoms with E-state index >= 15 is 0 Å². The topological polar surface area (TPSA) is 64.5 Å². The molecular weight excluding hydrogens is 691 g/mol. The van der Waals surface area contributed by atoms with Gasteiger partial charge in [0.2, 0.25) is 0 Å². The molecule has 55 heavy (non-hydrogen) atoms. The molecule has 0 unspecified atom stereocenters. The van der Waals surface area contributed by atoms with Gasteiger partial charge in [-0.2, -0.15) is 8.75 Å². The number of hydrogen-bond acceptors (Lipinski definition) is 6. The van der Waals surface area contributed by atoms with E-state index in [0.717, 1.165) is 88.6 Å². The Hall–Kier alpha value is -7.15. The third kappa shape index (κ3) is 5.50. The second-order valence-electron chi connectivity index (χ2n) is 13.8. The number of para-hydroxylation sites is 1. The van der Waals surface area contributed by atoms with Crippen LogP contribution in [0.4, 0.5) is 0 Å². The molecule has 0 aliphatic carbocycles. The van der Waals surface area contributed by atoms with Crippen molar-refractivity contribution < 1.29 is 0 Å². The molecule has 0 aliphatic heterocycles. The van der Waals surface area contributed by atoms with Crippen LogP contribution in [0, 0.1) is 0 Å². The Labute approximate surface area is 320 Å². The molecule has 0 atom stereocenters. The van der Waals surface area contributed by atoms with Gasteiger partial charge in [-0.3, -0.25) is 0 Å². The zero-order chi connectivity index (χ0) is 36.3. The lowest BCUT2D eigenvalue weighted by Gasteiger charge is -2.12. The van der Waals surface area contributed by atoms with Gasteiger partial charge in [-0.05, 0) is 69.1 Å². The van der Waals surface area contributed by atoms with Crippen molar-refractivity contribution in [3.05, 3.63) is 176 Å². The smallest absolute Gasteiger partial charge is 0.160 e. The Morgan fingerprint density at radius 1 is 0.345 bits per heavy atom. The minimum atomic E-state index is 0.702. The summed E-state index contributed by atoms with van der Waals surface area (Å²) in [5.41, 5.74) is 11.9. The highest BCUT2D eigenvalue weighted by Crippen LogP contribution is 2.37. The summed E-state index contributed by atoms with van der Waals surface area (Å²) < 4.78 is 9.18. The summed E-state index contributed by atoms with van der Waals surface area (Å²) in [5, 5.41) is 8.01. The predicted octanol–water partition coefficient (Wildman–Crippen LogP) is 12.8. The quantitative estimate of drug-likeness (QED) is 0.166. The van der Waals surface area contributed by atoms with Crippen molar-refractivity contribution in [1.29, 1.82) is 0 Å². The second kappa shape index (κ2) is 12.8. The van der Waals surface area contributed by atoms with Crippen LogP contribution in [0.25, 0.3) is 111 Å². The number of rotatable bonds is 5. The van der Waals surface area contributed by atoms with Gasteiger partial charge in [0.1, 0.15) is 11.0 Å². The first-order valence-corrected chi connectivity index (χ1v) is 19.0. The average Bonchev–Trinajstić information content (AvgIpc) is 3.75. The Bertz CT molecular complexity index is 3160. The summed E-state index contributed by atoms with van der Waals surface area (Å²) >= 11 is 1.25. The molecule has 0 saturated carbocycles. The van der Waals surface area contributed by atoms with Crippen molar-refractivity contribution in [3.63, 3.8) is 0 Å². The molecule has 0 N–H and O–H groups in total. The molecule has 0 radical (unpaired) electrons. The molecule has 11 rings (SSSR count). The number of nitrogens with zero attached hydrogens (tertiary/aromatic N) is 5. The van der Waals surface area contributed by atoms with Gasteiger partial charge in [-0.1, -0.05) is 140 Å². The highest BCUT2D eigenvalue weighted by molar-refractivity contribution is 7.00. The van der Waals surface area contributed by atoms with E-state index in [1.54, 1.807) is 0 Å². The van der Waals surface area contributed by atoms with Crippen molar-refractivity contribution in [3.8, 4) is 56.3 Å². The van der Waals surface area contributed by atoms with Crippen molar-refractivity contribution in [2.45, 2.75) is 0 Å². The Balaban J connectivity index is 0.969. The molecule has 0 bridgehead atoms. The Morgan fingerprint density at radius 2 is 0.909 bits per heavy atom. The van der Waals surface area contributed by atoms with Gasteiger partial charge in [0.15, 0.2) is 5.82 Å². The standard InChI is InChI=1S/C49H29N5S/c1-3-9-36-27-38(23-17-30(36)7-1)45-29-44(51-49(52-45)39-24-18-31-8-2-4-10-37(31)28-39)34-19-13-32(14-20-34)33-15-21-35(22-16-33)47-41-25-26-43-48(54-55-53-43)46(41)40-11-5-6-12-42(40)50-47/h1-29H. The summed E-state index contributed by atoms with van der Waals surface area (Å²) in [6.07, 6.45) is 0. The van der Waals surface area contributed by atoms with Gasteiger partial charge in [0.05, 0.1) is 34.3 Å². The molecular formula is C49H29N5S. The van der Waals surface area contributed by atoms with E-state index < -0.39 is 0 Å². The molecule has 0 fully saturated rings. The van der Waals surface area contributed by atoms with Crippen LogP contribution in [-0.4, -0.2) is 23.7 Å². The third-order valence-electron chi connectivity index (χ3n) is 10.5. The fourth-order valence-electron chi connectivity index (χ4n) is 7.71. The summed E-state index contributed by atoms with van der Waals surface area (Å²) in [7, 11) is 0. The van der Waals surface area contributed by atoms with E-state index in [1.807, 2.05) is 12.1 Å². The van der Waals surface area contributed by atoms with Crippen LogP contribution in [0.2, 0.25) is 0 Å². The minimum Gasteiger partial charge on any atom is -0.247 e. The van der Waals surface area contributed by atoms with Crippen LogP contribution in [0.15, 0.2) is 176 Å². The number of benzene rings is 8. The van der Waals surface area contributed by atoms with Crippen LogP contribution < -0.4 is 0 Å². The van der Waals surface area contributed by atoms with Gasteiger partial charge in [0.25, 0.3) is 0 Å². The van der Waals surface area contributed by atoms with Gasteiger partial charge < -0.3 is 0 Å². The molecule has 3 aromatic heterocycles. The molecule has 8 aromatic carbocycles. The van der Waals surface area contributed by atoms with Crippen molar-refractivity contribution in [1.82, 2.24) is 23.7 Å². The Kier molecular flexibility index (Phi) is 7.28. The van der Waals surface area contributed by atoms with E-state index in [0.29, 0.717) is 5.82 Å². The zero-order valence-corrected chi connectivity index (χ0v) is 30.2. The predicted molar refractivity (Wildman–Crippen MR) is 228 cm³/mol. The van der Waals surface area contributed by atoms with Crippen molar-refractivity contribution in [2.24, 2.45) is 0 Å². The largest absolute Gasteiger partial charge is 0.247 e. The maximum absolute atomic E-state index is 5.15. The lowest BCUT2D eigenvalue weighted by atomic mass is 9.96. The van der Waals surface area contributed by atoms with Gasteiger partial charge in [-0.25, -0.2) is 15.0 Å². The van der Waals surface area contributed by atoms with Gasteiger partial charge in [-0.15, -0.1) is 0 Å². The van der Waals surface area contributed by atoms with E-state index in [4.69, 9.17) is 15.0 Å². The van der Waals surface area contributed by atoms with Crippen molar-refractivity contribution >= 4 is 66.0 Å². The van der Waals surface area contributed by atoms with Crippen molar-refractivity contribution in [2.75, 3.05) is 0 Å². The summed E-state index contributed by atoms with van der Waals surface area (Å²) in [6.45, 7) is 0. The molecule has 6 heteroatoms. The zero-order valence-electron chi connectivity index (χ0n) is 29.4. The molecule has 3 heterocycles. The normalized spacial score (nSPS) is 11.6. The lowest BCUT2D eigenvalue weighted by molar-refractivity contribution is 1.18. The lowest BCUT2D eigenvalue weighted by Crippen LogP contribution is -1.96. The highest BCUT2D eigenvalue weighted by Gasteiger charge is 2.16. The summed E-state index contributed by atoms with van der Waals surface area (Å²) in [4.78, 5) is 15.4. The first-order valence-electron chi connectivity index (χ1n) is 18.2. The highest BCUT2D eigenvalue weighted by atomic mass is 32.1. The van der Waals surface area contributed by atoms with Crippen LogP contribution >= 0.6 is 11.7 Å². The van der Waals surface area contributed by atoms with Crippen LogP contribution in [-0.2, 0) is 0 Å². The van der Waals surface area contributed by atoms with E-state index in [-0.39, 0.29) is 0 Å². The van der Waals surface area contributed by atoms with E-state index in [9.17, 15) is 0 Å². The Morgan fingerprint density at radius 3 is 1.64 bits per heavy atom. The second-order valence-corrected chi connectivity index (χ2v) is 14.4. The number of pyridine rings is 1. The fraction of sp³-hybridized carbons (Fsp3) is 0. The van der Waals surface area contributed by atoms with Crippen LogP contribution in [0.1, 0.15) is 0 Å². The first-order chi connectivity index (χ1) is 27.2. The van der Waals surface area contributed by atoms with Gasteiger partial charge >= 0.3 is 0 Å². The molecule has 0 saturated heterocycles. The number of aromatic nitrogens is 5. The molecule has 0 amide bonds. The summed E-state index contributed by atoms with van der Waals surface area (Å²) in [6, 6.07) is 61.7. The number of hydrogen-bond donors (Lipinski definition) is 0. The fourth-order valence-corrected chi connectivity index (χ4v) is 8.25. The number of fused-ring (bicyclic) bond motifs is 7. The monoisotopic (exact) mass is 719 g/mol. The SMILES string of the molecule is c1ccc2cc(-c3cc(-c4ccc(-c5ccc(-c6nc7ccccc7c7c6ccc6nsnc67)cc5)cc4)nc(-c4ccc5ccccc5c4)n3)ccc2c1. The summed E-state index contributed by atoms with van der Waals surface area (Å²) in [5.74, 6) is 0.702. The maximum Gasteiger partial charge on any atom is 0.160 e. The van der Waals surface area contributed by atoms with Gasteiger partial charge in [0, 0.05) is 38.4 Å². The molecule has 0 spiro atoms. The average molecular weight is 720 g/mol. The first kappa shape index (κ1) is 31.4. The van der Waals surface area contributed by atoms with E-state index in [1.165, 1.54) is 27.9 Å². The van der Waals surface area contributed by atoms with Crippen LogP contribution in [0.5, 0.6) is 0 Å². The molecule has 5 nitrogen and oxygen atoms in total. The van der Waals surface area contributed by atoms with Crippen LogP contribution in [0.3, 0.4) is 0 Å². The molecule has 11 aromatic rings. The maximum atomic E-state index is 5.15.